The Balaban J connectivity index is 1.97. The third-order valence-electron chi connectivity index (χ3n) is 2.36. The van der Waals surface area contributed by atoms with Crippen molar-refractivity contribution in [1.82, 2.24) is 4.90 Å². The quantitative estimate of drug-likeness (QED) is 0.767. The van der Waals surface area contributed by atoms with Gasteiger partial charge in [0, 0.05) is 17.6 Å². The van der Waals surface area contributed by atoms with Gasteiger partial charge in [-0.05, 0) is 37.1 Å². The average molecular weight is 239 g/mol. The first kappa shape index (κ1) is 9.22. The molecule has 0 N–H and O–H groups in total. The van der Waals surface area contributed by atoms with Crippen LogP contribution in [-0.4, -0.2) is 18.0 Å². The first-order valence-corrected chi connectivity index (χ1v) is 5.42. The Morgan fingerprint density at radius 1 is 1.23 bits per heavy atom. The number of rotatable bonds is 2. The molecule has 2 heteroatoms. The van der Waals surface area contributed by atoms with Crippen LogP contribution in [0.5, 0.6) is 0 Å². The predicted octanol–water partition coefficient (Wildman–Crippen LogP) is 2.86. The molecule has 1 nitrogen and oxygen atoms in total. The van der Waals surface area contributed by atoms with Crippen molar-refractivity contribution in [3.8, 4) is 0 Å². The molecule has 0 atom stereocenters. The van der Waals surface area contributed by atoms with Gasteiger partial charge in [-0.3, -0.25) is 4.90 Å². The van der Waals surface area contributed by atoms with E-state index in [1.807, 2.05) is 0 Å². The summed E-state index contributed by atoms with van der Waals surface area (Å²) in [4.78, 5) is 2.46. The maximum Gasteiger partial charge on any atom is 0.0233 e. The maximum atomic E-state index is 3.44. The average Bonchev–Trinajstić information content (AvgIpc) is 2.62. The molecule has 0 aliphatic carbocycles. The second-order valence-electron chi connectivity index (χ2n) is 3.44. The number of nitrogens with zero attached hydrogens (tertiary/aromatic N) is 1. The summed E-state index contributed by atoms with van der Waals surface area (Å²) in [5, 5.41) is 0. The summed E-state index contributed by atoms with van der Waals surface area (Å²) >= 11 is 3.44. The Labute approximate surface area is 87.9 Å². The maximum absolute atomic E-state index is 3.44. The fourth-order valence-corrected chi connectivity index (χ4v) is 1.89. The molecule has 0 amide bonds. The Bertz CT molecular complexity index is 262. The molecule has 1 aliphatic rings. The van der Waals surface area contributed by atoms with Crippen molar-refractivity contribution in [3.05, 3.63) is 40.7 Å². The highest BCUT2D eigenvalue weighted by Crippen LogP contribution is 2.14. The SMILES string of the molecule is Brc1ccc(CN2C[CH]CC2)cc1. The number of halogens is 1. The van der Waals surface area contributed by atoms with Gasteiger partial charge in [-0.25, -0.2) is 0 Å². The minimum Gasteiger partial charge on any atom is -0.299 e. The highest BCUT2D eigenvalue weighted by atomic mass is 79.9. The van der Waals surface area contributed by atoms with Crippen molar-refractivity contribution >= 4 is 15.9 Å². The van der Waals surface area contributed by atoms with E-state index < -0.39 is 0 Å². The van der Waals surface area contributed by atoms with Crippen LogP contribution in [0.3, 0.4) is 0 Å². The largest absolute Gasteiger partial charge is 0.299 e. The second kappa shape index (κ2) is 4.25. The summed E-state index contributed by atoms with van der Waals surface area (Å²) in [6.07, 6.45) is 3.59. The van der Waals surface area contributed by atoms with Crippen molar-refractivity contribution in [1.29, 1.82) is 0 Å². The van der Waals surface area contributed by atoms with Crippen molar-refractivity contribution in [2.75, 3.05) is 13.1 Å². The van der Waals surface area contributed by atoms with Gasteiger partial charge in [0.25, 0.3) is 0 Å². The molecule has 13 heavy (non-hydrogen) atoms. The monoisotopic (exact) mass is 238 g/mol. The molecule has 1 aromatic rings. The first-order valence-electron chi connectivity index (χ1n) is 4.63. The molecule has 0 aromatic heterocycles. The van der Waals surface area contributed by atoms with Crippen molar-refractivity contribution in [2.45, 2.75) is 13.0 Å². The van der Waals surface area contributed by atoms with Crippen LogP contribution in [0.2, 0.25) is 0 Å². The molecule has 69 valence electrons. The summed E-state index contributed by atoms with van der Waals surface area (Å²) < 4.78 is 1.16. The van der Waals surface area contributed by atoms with Gasteiger partial charge in [0.15, 0.2) is 0 Å². The molecule has 1 fully saturated rings. The lowest BCUT2D eigenvalue weighted by molar-refractivity contribution is 0.337. The van der Waals surface area contributed by atoms with Crippen LogP contribution in [-0.2, 0) is 6.54 Å². The molecule has 1 saturated heterocycles. The number of likely N-dealkylation sites (tertiary alicyclic amines) is 1. The van der Waals surface area contributed by atoms with Gasteiger partial charge in [-0.2, -0.15) is 0 Å². The van der Waals surface area contributed by atoms with Crippen LogP contribution in [0.25, 0.3) is 0 Å². The molecule has 2 rings (SSSR count). The van der Waals surface area contributed by atoms with Gasteiger partial charge in [-0.1, -0.05) is 28.1 Å². The molecule has 1 aliphatic heterocycles. The number of hydrogen-bond acceptors (Lipinski definition) is 1. The Kier molecular flexibility index (Phi) is 3.01. The highest BCUT2D eigenvalue weighted by molar-refractivity contribution is 9.10. The van der Waals surface area contributed by atoms with Crippen LogP contribution >= 0.6 is 15.9 Å². The fraction of sp³-hybridized carbons (Fsp3) is 0.364. The molecule has 1 aromatic carbocycles. The summed E-state index contributed by atoms with van der Waals surface area (Å²) in [6.45, 7) is 3.45. The van der Waals surface area contributed by atoms with E-state index in [1.165, 1.54) is 18.5 Å². The lowest BCUT2D eigenvalue weighted by atomic mass is 10.2. The van der Waals surface area contributed by atoms with E-state index in [-0.39, 0.29) is 0 Å². The molecule has 0 saturated carbocycles. The fourth-order valence-electron chi connectivity index (χ4n) is 1.63. The van der Waals surface area contributed by atoms with Gasteiger partial charge in [0.05, 0.1) is 0 Å². The van der Waals surface area contributed by atoms with Gasteiger partial charge >= 0.3 is 0 Å². The lowest BCUT2D eigenvalue weighted by Crippen LogP contribution is -2.18. The second-order valence-corrected chi connectivity index (χ2v) is 4.35. The zero-order chi connectivity index (χ0) is 9.10. The number of hydrogen-bond donors (Lipinski definition) is 0. The van der Waals surface area contributed by atoms with E-state index in [0.717, 1.165) is 17.6 Å². The van der Waals surface area contributed by atoms with Gasteiger partial charge < -0.3 is 0 Å². The molecule has 0 bridgehead atoms. The van der Waals surface area contributed by atoms with Crippen LogP contribution in [0, 0.1) is 6.42 Å². The highest BCUT2D eigenvalue weighted by Gasteiger charge is 2.11. The van der Waals surface area contributed by atoms with Crippen molar-refractivity contribution in [3.63, 3.8) is 0 Å². The van der Waals surface area contributed by atoms with E-state index in [2.05, 4.69) is 51.5 Å². The van der Waals surface area contributed by atoms with Crippen LogP contribution in [0.1, 0.15) is 12.0 Å². The zero-order valence-corrected chi connectivity index (χ0v) is 9.13. The van der Waals surface area contributed by atoms with E-state index in [9.17, 15) is 0 Å². The van der Waals surface area contributed by atoms with E-state index in [1.54, 1.807) is 0 Å². The van der Waals surface area contributed by atoms with Crippen molar-refractivity contribution in [2.24, 2.45) is 0 Å². The molecule has 0 spiro atoms. The molecular weight excluding hydrogens is 226 g/mol. The summed E-state index contributed by atoms with van der Waals surface area (Å²) in [7, 11) is 0. The Morgan fingerprint density at radius 3 is 2.62 bits per heavy atom. The minimum atomic E-state index is 1.09. The molecule has 1 heterocycles. The third kappa shape index (κ3) is 2.55. The molecule has 1 radical (unpaired) electrons. The Morgan fingerprint density at radius 2 is 2.00 bits per heavy atom. The number of benzene rings is 1. The van der Waals surface area contributed by atoms with Gasteiger partial charge in [0.2, 0.25) is 0 Å². The van der Waals surface area contributed by atoms with Crippen molar-refractivity contribution < 1.29 is 0 Å². The normalized spacial score (nSPS) is 17.9. The standard InChI is InChI=1S/C11H13BrN/c12-11-5-3-10(4-6-11)9-13-7-1-2-8-13/h1,3-6H,2,7-9H2. The summed E-state index contributed by atoms with van der Waals surface area (Å²) in [6, 6.07) is 8.58. The predicted molar refractivity (Wildman–Crippen MR) is 58.3 cm³/mol. The topological polar surface area (TPSA) is 3.24 Å². The summed E-state index contributed by atoms with van der Waals surface area (Å²) in [5.41, 5.74) is 1.40. The lowest BCUT2D eigenvalue weighted by Gasteiger charge is -2.14. The van der Waals surface area contributed by atoms with Gasteiger partial charge in [-0.15, -0.1) is 0 Å². The van der Waals surface area contributed by atoms with Crippen LogP contribution < -0.4 is 0 Å². The third-order valence-corrected chi connectivity index (χ3v) is 2.88. The van der Waals surface area contributed by atoms with Gasteiger partial charge in [0.1, 0.15) is 0 Å². The molecular formula is C11H13BrN. The smallest absolute Gasteiger partial charge is 0.0233 e. The van der Waals surface area contributed by atoms with E-state index in [0.29, 0.717) is 0 Å². The summed E-state index contributed by atoms with van der Waals surface area (Å²) in [5.74, 6) is 0. The van der Waals surface area contributed by atoms with Crippen LogP contribution in [0.4, 0.5) is 0 Å². The zero-order valence-electron chi connectivity index (χ0n) is 7.54. The van der Waals surface area contributed by atoms with Crippen LogP contribution in [0.15, 0.2) is 28.7 Å². The minimum absolute atomic E-state index is 1.09. The van der Waals surface area contributed by atoms with E-state index in [4.69, 9.17) is 0 Å². The first-order chi connectivity index (χ1) is 6.34. The van der Waals surface area contributed by atoms with E-state index >= 15 is 0 Å². The molecule has 0 unspecified atom stereocenters. The Hall–Kier alpha value is -0.340.